The number of anilines is 1. The van der Waals surface area contributed by atoms with Gasteiger partial charge in [-0.25, -0.2) is 0 Å². The quantitative estimate of drug-likeness (QED) is 0.551. The summed E-state index contributed by atoms with van der Waals surface area (Å²) < 4.78 is 10.5. The summed E-state index contributed by atoms with van der Waals surface area (Å²) in [5.41, 5.74) is 1.18. The molecular weight excluding hydrogens is 427 g/mol. The second-order valence-corrected chi connectivity index (χ2v) is 7.26. The number of benzene rings is 2. The molecule has 2 aromatic rings. The average Bonchev–Trinajstić information content (AvgIpc) is 2.73. The summed E-state index contributed by atoms with van der Waals surface area (Å²) in [6.45, 7) is 2.27. The number of carbonyl (C=O) groups excluding carboxylic acids is 2. The van der Waals surface area contributed by atoms with E-state index >= 15 is 0 Å². The van der Waals surface area contributed by atoms with Crippen LogP contribution in [0.25, 0.3) is 6.08 Å². The van der Waals surface area contributed by atoms with Crippen molar-refractivity contribution in [2.45, 2.75) is 13.3 Å². The van der Waals surface area contributed by atoms with Gasteiger partial charge in [0.1, 0.15) is 18.0 Å². The van der Waals surface area contributed by atoms with E-state index in [0.29, 0.717) is 40.2 Å². The van der Waals surface area contributed by atoms with Crippen molar-refractivity contribution in [3.63, 3.8) is 0 Å². The lowest BCUT2D eigenvalue weighted by atomic mass is 10.2. The second-order valence-electron chi connectivity index (χ2n) is 6.41. The number of ether oxygens (including phenoxy) is 2. The second kappa shape index (κ2) is 11.5. The van der Waals surface area contributed by atoms with Crippen LogP contribution in [0.15, 0.2) is 42.5 Å². The van der Waals surface area contributed by atoms with Crippen molar-refractivity contribution >= 4 is 46.8 Å². The van der Waals surface area contributed by atoms with Crippen LogP contribution in [-0.4, -0.2) is 44.0 Å². The van der Waals surface area contributed by atoms with Gasteiger partial charge in [0.05, 0.1) is 24.9 Å². The lowest BCUT2D eigenvalue weighted by molar-refractivity contribution is -0.130. The van der Waals surface area contributed by atoms with Gasteiger partial charge in [-0.2, -0.15) is 0 Å². The molecule has 0 heterocycles. The molecule has 0 aliphatic heterocycles. The van der Waals surface area contributed by atoms with Crippen molar-refractivity contribution in [3.05, 3.63) is 58.1 Å². The predicted molar refractivity (Wildman–Crippen MR) is 121 cm³/mol. The van der Waals surface area contributed by atoms with E-state index in [1.54, 1.807) is 56.7 Å². The Morgan fingerprint density at radius 2 is 1.73 bits per heavy atom. The lowest BCUT2D eigenvalue weighted by Crippen LogP contribution is -2.37. The largest absolute Gasteiger partial charge is 0.497 e. The van der Waals surface area contributed by atoms with Crippen LogP contribution in [0.1, 0.15) is 18.9 Å². The number of hydrogen-bond donors (Lipinski definition) is 1. The fraction of sp³-hybridized carbons (Fsp3) is 0.273. The zero-order valence-electron chi connectivity index (χ0n) is 17.1. The minimum Gasteiger partial charge on any atom is -0.497 e. The normalized spacial score (nSPS) is 10.7. The SMILES string of the molecule is CCCN(CC(=O)Nc1ccc(Cl)cc1Cl)C(=O)C=Cc1cc(OC)cc(OC)c1. The Bertz CT molecular complexity index is 909. The van der Waals surface area contributed by atoms with Crippen LogP contribution in [-0.2, 0) is 9.59 Å². The number of methoxy groups -OCH3 is 2. The van der Waals surface area contributed by atoms with Gasteiger partial charge in [-0.05, 0) is 48.4 Å². The highest BCUT2D eigenvalue weighted by molar-refractivity contribution is 6.36. The molecule has 0 fully saturated rings. The number of halogens is 2. The molecule has 0 saturated heterocycles. The van der Waals surface area contributed by atoms with E-state index in [9.17, 15) is 9.59 Å². The fourth-order valence-corrected chi connectivity index (χ4v) is 3.15. The molecule has 6 nitrogen and oxygen atoms in total. The van der Waals surface area contributed by atoms with Gasteiger partial charge < -0.3 is 19.7 Å². The number of nitrogens with zero attached hydrogens (tertiary/aromatic N) is 1. The van der Waals surface area contributed by atoms with Gasteiger partial charge in [0.25, 0.3) is 0 Å². The Labute approximate surface area is 186 Å². The first-order valence-electron chi connectivity index (χ1n) is 9.31. The topological polar surface area (TPSA) is 67.9 Å². The van der Waals surface area contributed by atoms with Gasteiger partial charge in [0, 0.05) is 23.7 Å². The van der Waals surface area contributed by atoms with Gasteiger partial charge in [0.15, 0.2) is 0 Å². The maximum Gasteiger partial charge on any atom is 0.247 e. The van der Waals surface area contributed by atoms with Crippen molar-refractivity contribution in [2.75, 3.05) is 32.6 Å². The molecule has 30 heavy (non-hydrogen) atoms. The first-order chi connectivity index (χ1) is 14.4. The molecule has 0 unspecified atom stereocenters. The van der Waals surface area contributed by atoms with Crippen LogP contribution in [0.2, 0.25) is 10.0 Å². The Morgan fingerprint density at radius 3 is 2.30 bits per heavy atom. The van der Waals surface area contributed by atoms with Crippen LogP contribution >= 0.6 is 23.2 Å². The monoisotopic (exact) mass is 450 g/mol. The van der Waals surface area contributed by atoms with Crippen LogP contribution in [0.4, 0.5) is 5.69 Å². The summed E-state index contributed by atoms with van der Waals surface area (Å²) in [5, 5.41) is 3.51. The molecule has 0 aliphatic rings. The first kappa shape index (κ1) is 23.6. The molecule has 160 valence electrons. The van der Waals surface area contributed by atoms with Crippen LogP contribution in [0, 0.1) is 0 Å². The van der Waals surface area contributed by atoms with E-state index in [4.69, 9.17) is 32.7 Å². The lowest BCUT2D eigenvalue weighted by Gasteiger charge is -2.20. The third-order valence-electron chi connectivity index (χ3n) is 4.14. The van der Waals surface area contributed by atoms with Gasteiger partial charge >= 0.3 is 0 Å². The molecule has 0 aliphatic carbocycles. The minimum absolute atomic E-state index is 0.0998. The molecule has 0 aromatic heterocycles. The number of nitrogens with one attached hydrogen (secondary N) is 1. The van der Waals surface area contributed by atoms with E-state index < -0.39 is 0 Å². The molecule has 0 bridgehead atoms. The molecule has 2 amide bonds. The van der Waals surface area contributed by atoms with E-state index in [0.717, 1.165) is 5.56 Å². The van der Waals surface area contributed by atoms with E-state index in [1.165, 1.54) is 11.0 Å². The zero-order valence-corrected chi connectivity index (χ0v) is 18.6. The Hall–Kier alpha value is -2.70. The minimum atomic E-state index is -0.350. The van der Waals surface area contributed by atoms with Crippen LogP contribution < -0.4 is 14.8 Å². The number of hydrogen-bond acceptors (Lipinski definition) is 4. The van der Waals surface area contributed by atoms with Crippen molar-refractivity contribution in [3.8, 4) is 11.5 Å². The van der Waals surface area contributed by atoms with Crippen molar-refractivity contribution in [1.29, 1.82) is 0 Å². The molecule has 2 rings (SSSR count). The Morgan fingerprint density at radius 1 is 1.07 bits per heavy atom. The molecule has 0 atom stereocenters. The maximum absolute atomic E-state index is 12.7. The molecular formula is C22H24Cl2N2O4. The number of rotatable bonds is 9. The summed E-state index contributed by atoms with van der Waals surface area (Å²) >= 11 is 12.0. The van der Waals surface area contributed by atoms with Crippen molar-refractivity contribution in [2.24, 2.45) is 0 Å². The standard InChI is InChI=1S/C22H24Cl2N2O4/c1-4-9-26(14-21(27)25-20-7-6-16(23)12-19(20)24)22(28)8-5-15-10-17(29-2)13-18(11-15)30-3/h5-8,10-13H,4,9,14H2,1-3H3,(H,25,27). The maximum atomic E-state index is 12.7. The smallest absolute Gasteiger partial charge is 0.247 e. The first-order valence-corrected chi connectivity index (χ1v) is 10.1. The Balaban J connectivity index is 2.08. The number of carbonyl (C=O) groups is 2. The summed E-state index contributed by atoms with van der Waals surface area (Å²) in [6.07, 6.45) is 3.79. The summed E-state index contributed by atoms with van der Waals surface area (Å²) in [6, 6.07) is 10.1. The highest BCUT2D eigenvalue weighted by Gasteiger charge is 2.15. The predicted octanol–water partition coefficient (Wildman–Crippen LogP) is 4.90. The highest BCUT2D eigenvalue weighted by atomic mass is 35.5. The summed E-state index contributed by atoms with van der Waals surface area (Å²) in [5.74, 6) is 0.602. The van der Waals surface area contributed by atoms with Gasteiger partial charge in [-0.15, -0.1) is 0 Å². The summed E-state index contributed by atoms with van der Waals surface area (Å²) in [7, 11) is 3.11. The highest BCUT2D eigenvalue weighted by Crippen LogP contribution is 2.25. The van der Waals surface area contributed by atoms with Crippen LogP contribution in [0.3, 0.4) is 0 Å². The summed E-state index contributed by atoms with van der Waals surface area (Å²) in [4.78, 5) is 26.6. The van der Waals surface area contributed by atoms with Gasteiger partial charge in [0.2, 0.25) is 11.8 Å². The molecule has 8 heteroatoms. The molecule has 2 aromatic carbocycles. The molecule has 0 spiro atoms. The van der Waals surface area contributed by atoms with E-state index in [1.807, 2.05) is 6.92 Å². The molecule has 1 N–H and O–H groups in total. The van der Waals surface area contributed by atoms with E-state index in [2.05, 4.69) is 5.32 Å². The van der Waals surface area contributed by atoms with E-state index in [-0.39, 0.29) is 18.4 Å². The average molecular weight is 451 g/mol. The zero-order chi connectivity index (χ0) is 22.1. The fourth-order valence-electron chi connectivity index (χ4n) is 2.69. The van der Waals surface area contributed by atoms with Gasteiger partial charge in [-0.3, -0.25) is 9.59 Å². The third kappa shape index (κ3) is 6.97. The van der Waals surface area contributed by atoms with Crippen molar-refractivity contribution in [1.82, 2.24) is 4.90 Å². The van der Waals surface area contributed by atoms with Crippen LogP contribution in [0.5, 0.6) is 11.5 Å². The van der Waals surface area contributed by atoms with Gasteiger partial charge in [-0.1, -0.05) is 30.1 Å². The molecule has 0 radical (unpaired) electrons. The molecule has 0 saturated carbocycles. The Kier molecular flexibility index (Phi) is 9.02. The number of amides is 2. The third-order valence-corrected chi connectivity index (χ3v) is 4.68. The van der Waals surface area contributed by atoms with Crippen molar-refractivity contribution < 1.29 is 19.1 Å².